The first-order chi connectivity index (χ1) is 9.00. The molecule has 0 saturated heterocycles. The maximum atomic E-state index is 13.6. The third-order valence-electron chi connectivity index (χ3n) is 2.89. The van der Waals surface area contributed by atoms with Crippen molar-refractivity contribution in [3.8, 4) is 0 Å². The van der Waals surface area contributed by atoms with E-state index in [1.165, 1.54) is 30.3 Å². The summed E-state index contributed by atoms with van der Waals surface area (Å²) in [4.78, 5) is 13.4. The molecule has 1 aromatic carbocycles. The summed E-state index contributed by atoms with van der Waals surface area (Å²) in [5, 5.41) is 3.96. The predicted molar refractivity (Wildman–Crippen MR) is 69.9 cm³/mol. The lowest BCUT2D eigenvalue weighted by Gasteiger charge is -2.21. The number of nitrogens with two attached hydrogens (primary N) is 1. The van der Waals surface area contributed by atoms with Crippen LogP contribution in [0.2, 0.25) is 0 Å². The first kappa shape index (κ1) is 13.2. The fourth-order valence-electron chi connectivity index (χ4n) is 1.79. The Bertz CT molecular complexity index is 596. The van der Waals surface area contributed by atoms with Crippen molar-refractivity contribution in [3.05, 3.63) is 48.0 Å². The van der Waals surface area contributed by atoms with E-state index in [2.05, 4.69) is 5.10 Å². The molecule has 0 saturated carbocycles. The van der Waals surface area contributed by atoms with E-state index in [1.54, 1.807) is 30.1 Å². The van der Waals surface area contributed by atoms with Crippen LogP contribution in [-0.4, -0.2) is 22.7 Å². The number of halogens is 1. The minimum absolute atomic E-state index is 0.201. The summed E-state index contributed by atoms with van der Waals surface area (Å²) >= 11 is 0. The van der Waals surface area contributed by atoms with Gasteiger partial charge >= 0.3 is 0 Å². The zero-order valence-corrected chi connectivity index (χ0v) is 10.7. The number of aromatic nitrogens is 2. The van der Waals surface area contributed by atoms with Gasteiger partial charge in [-0.2, -0.15) is 5.10 Å². The molecular formula is C13H15FN4O. The molecule has 0 spiro atoms. The van der Waals surface area contributed by atoms with E-state index < -0.39 is 17.8 Å². The highest BCUT2D eigenvalue weighted by atomic mass is 19.1. The molecule has 2 N–H and O–H groups in total. The van der Waals surface area contributed by atoms with E-state index in [9.17, 15) is 9.18 Å². The maximum Gasteiger partial charge on any atom is 0.248 e. The van der Waals surface area contributed by atoms with Crippen molar-refractivity contribution < 1.29 is 9.18 Å². The number of rotatable bonds is 3. The molecule has 6 heteroatoms. The van der Waals surface area contributed by atoms with Gasteiger partial charge in [-0.15, -0.1) is 0 Å². The highest BCUT2D eigenvalue weighted by Crippen LogP contribution is 2.20. The average molecular weight is 262 g/mol. The lowest BCUT2D eigenvalue weighted by atomic mass is 10.1. The number of anilines is 1. The van der Waals surface area contributed by atoms with Gasteiger partial charge in [0.05, 0.1) is 11.9 Å². The van der Waals surface area contributed by atoms with E-state index in [4.69, 9.17) is 5.73 Å². The van der Waals surface area contributed by atoms with Crippen LogP contribution in [-0.2, 0) is 11.8 Å². The van der Waals surface area contributed by atoms with Crippen molar-refractivity contribution in [2.24, 2.45) is 12.8 Å². The Balaban J connectivity index is 2.22. The first-order valence-electron chi connectivity index (χ1n) is 5.77. The lowest BCUT2D eigenvalue weighted by Crippen LogP contribution is -2.36. The summed E-state index contributed by atoms with van der Waals surface area (Å²) in [6.07, 6.45) is 3.19. The molecule has 1 atom stereocenters. The summed E-state index contributed by atoms with van der Waals surface area (Å²) in [6, 6.07) is 5.20. The lowest BCUT2D eigenvalue weighted by molar-refractivity contribution is -0.119. The van der Waals surface area contributed by atoms with Crippen molar-refractivity contribution >= 4 is 11.6 Å². The van der Waals surface area contributed by atoms with E-state index in [-0.39, 0.29) is 5.69 Å². The highest BCUT2D eigenvalue weighted by Gasteiger charge is 2.23. The Hall–Kier alpha value is -2.21. The maximum absolute atomic E-state index is 13.6. The molecule has 0 fully saturated rings. The second-order valence-corrected chi connectivity index (χ2v) is 4.27. The average Bonchev–Trinajstić information content (AvgIpc) is 2.83. The van der Waals surface area contributed by atoms with Gasteiger partial charge < -0.3 is 10.6 Å². The van der Waals surface area contributed by atoms with Crippen molar-refractivity contribution in [2.45, 2.75) is 6.04 Å². The smallest absolute Gasteiger partial charge is 0.248 e. The molecule has 5 nitrogen and oxygen atoms in total. The number of para-hydroxylation sites is 1. The van der Waals surface area contributed by atoms with Crippen molar-refractivity contribution in [1.29, 1.82) is 0 Å². The minimum atomic E-state index is -0.863. The number of likely N-dealkylation sites (N-methyl/N-ethyl adjacent to an activating group) is 1. The molecule has 0 aliphatic rings. The number of amides is 1. The summed E-state index contributed by atoms with van der Waals surface area (Å²) in [6.45, 7) is 0. The van der Waals surface area contributed by atoms with E-state index in [1.807, 2.05) is 0 Å². The third kappa shape index (κ3) is 2.63. The Morgan fingerprint density at radius 2 is 2.16 bits per heavy atom. The third-order valence-corrected chi connectivity index (χ3v) is 2.89. The molecule has 0 aliphatic carbocycles. The SMILES string of the molecule is CN(C(=O)C(N)c1cnn(C)c1)c1ccccc1F. The van der Waals surface area contributed by atoms with Crippen LogP contribution in [0.5, 0.6) is 0 Å². The van der Waals surface area contributed by atoms with Gasteiger partial charge in [0, 0.05) is 25.9 Å². The fourth-order valence-corrected chi connectivity index (χ4v) is 1.79. The summed E-state index contributed by atoms with van der Waals surface area (Å²) in [7, 11) is 3.23. The Kier molecular flexibility index (Phi) is 3.62. The molecule has 1 unspecified atom stereocenters. The zero-order valence-electron chi connectivity index (χ0n) is 10.7. The monoisotopic (exact) mass is 262 g/mol. The van der Waals surface area contributed by atoms with Gasteiger partial charge in [0.25, 0.3) is 0 Å². The highest BCUT2D eigenvalue weighted by molar-refractivity contribution is 5.97. The second-order valence-electron chi connectivity index (χ2n) is 4.27. The van der Waals surface area contributed by atoms with Crippen LogP contribution in [0.3, 0.4) is 0 Å². The van der Waals surface area contributed by atoms with Crippen LogP contribution >= 0.6 is 0 Å². The van der Waals surface area contributed by atoms with Gasteiger partial charge in [-0.05, 0) is 12.1 Å². The standard InChI is InChI=1S/C13H15FN4O/c1-17-8-9(7-16-17)12(15)13(19)18(2)11-6-4-3-5-10(11)14/h3-8,12H,15H2,1-2H3. The molecule has 1 aromatic heterocycles. The Labute approximate surface area is 110 Å². The zero-order chi connectivity index (χ0) is 14.0. The topological polar surface area (TPSA) is 64.2 Å². The van der Waals surface area contributed by atoms with Crippen molar-refractivity contribution in [2.75, 3.05) is 11.9 Å². The van der Waals surface area contributed by atoms with Crippen LogP contribution in [0.1, 0.15) is 11.6 Å². The quantitative estimate of drug-likeness (QED) is 0.904. The number of hydrogen-bond acceptors (Lipinski definition) is 3. The van der Waals surface area contributed by atoms with Gasteiger partial charge in [0.2, 0.25) is 5.91 Å². The molecule has 0 aliphatic heterocycles. The number of nitrogens with zero attached hydrogens (tertiary/aromatic N) is 3. The van der Waals surface area contributed by atoms with Crippen LogP contribution in [0.15, 0.2) is 36.7 Å². The van der Waals surface area contributed by atoms with Gasteiger partial charge in [-0.1, -0.05) is 12.1 Å². The van der Waals surface area contributed by atoms with Crippen LogP contribution in [0.25, 0.3) is 0 Å². The molecule has 0 bridgehead atoms. The number of aryl methyl sites for hydroxylation is 1. The Morgan fingerprint density at radius 1 is 1.47 bits per heavy atom. The van der Waals surface area contributed by atoms with E-state index in [0.717, 1.165) is 0 Å². The molecule has 1 heterocycles. The van der Waals surface area contributed by atoms with Crippen LogP contribution in [0.4, 0.5) is 10.1 Å². The van der Waals surface area contributed by atoms with Gasteiger partial charge in [0.1, 0.15) is 11.9 Å². The van der Waals surface area contributed by atoms with Crippen LogP contribution < -0.4 is 10.6 Å². The minimum Gasteiger partial charge on any atom is -0.316 e. The first-order valence-corrected chi connectivity index (χ1v) is 5.77. The molecule has 19 heavy (non-hydrogen) atoms. The molecule has 100 valence electrons. The van der Waals surface area contributed by atoms with Crippen molar-refractivity contribution in [3.63, 3.8) is 0 Å². The predicted octanol–water partition coefficient (Wildman–Crippen LogP) is 1.22. The summed E-state index contributed by atoms with van der Waals surface area (Å²) in [5.41, 5.74) is 6.67. The van der Waals surface area contributed by atoms with Gasteiger partial charge in [-0.25, -0.2) is 4.39 Å². The number of hydrogen-bond donors (Lipinski definition) is 1. The van der Waals surface area contributed by atoms with Gasteiger partial charge in [0.15, 0.2) is 0 Å². The van der Waals surface area contributed by atoms with Crippen molar-refractivity contribution in [1.82, 2.24) is 9.78 Å². The fraction of sp³-hybridized carbons (Fsp3) is 0.231. The largest absolute Gasteiger partial charge is 0.316 e. The normalized spacial score (nSPS) is 12.2. The number of carbonyl (C=O) groups excluding carboxylic acids is 1. The molecule has 2 rings (SSSR count). The van der Waals surface area contributed by atoms with Gasteiger partial charge in [-0.3, -0.25) is 9.48 Å². The molecular weight excluding hydrogens is 247 g/mol. The molecule has 1 amide bonds. The Morgan fingerprint density at radius 3 is 2.74 bits per heavy atom. The summed E-state index contributed by atoms with van der Waals surface area (Å²) in [5.74, 6) is -0.852. The van der Waals surface area contributed by atoms with Crippen LogP contribution in [0, 0.1) is 5.82 Å². The van der Waals surface area contributed by atoms with E-state index in [0.29, 0.717) is 5.56 Å². The second kappa shape index (κ2) is 5.19. The number of benzene rings is 1. The van der Waals surface area contributed by atoms with E-state index >= 15 is 0 Å². The molecule has 0 radical (unpaired) electrons. The summed E-state index contributed by atoms with van der Waals surface area (Å²) < 4.78 is 15.2. The molecule has 2 aromatic rings. The number of carbonyl (C=O) groups is 1.